The minimum Gasteiger partial charge on any atom is -0.444 e. The first-order valence-electron chi connectivity index (χ1n) is 13.9. The fourth-order valence-corrected chi connectivity index (χ4v) is 4.15. The van der Waals surface area contributed by atoms with Crippen LogP contribution in [0.5, 0.6) is 0 Å². The smallest absolute Gasteiger partial charge is 0.408 e. The van der Waals surface area contributed by atoms with E-state index in [0.717, 1.165) is 37.7 Å². The Balaban J connectivity index is 3.53. The lowest BCUT2D eigenvalue weighted by atomic mass is 9.96. The zero-order valence-electron chi connectivity index (χ0n) is 25.1. The molecule has 0 spiro atoms. The van der Waals surface area contributed by atoms with Crippen LogP contribution in [0, 0.1) is 5.92 Å². The number of carbonyl (C=O) groups excluding carboxylic acids is 3. The van der Waals surface area contributed by atoms with E-state index in [2.05, 4.69) is 24.1 Å². The number of unbranched alkanes of at least 4 members (excludes halogenated alkanes) is 4. The van der Waals surface area contributed by atoms with Gasteiger partial charge in [-0.05, 0) is 71.1 Å². The van der Waals surface area contributed by atoms with Gasteiger partial charge in [-0.1, -0.05) is 77.3 Å². The summed E-state index contributed by atoms with van der Waals surface area (Å²) in [6, 6.07) is 5.81. The van der Waals surface area contributed by atoms with Gasteiger partial charge in [0.2, 0.25) is 11.8 Å². The molecule has 2 unspecified atom stereocenters. The molecule has 0 aliphatic rings. The van der Waals surface area contributed by atoms with E-state index >= 15 is 0 Å². The molecular formula is C31H51N3O4. The molecule has 0 aliphatic carbocycles. The van der Waals surface area contributed by atoms with E-state index in [0.29, 0.717) is 12.1 Å². The second kappa shape index (κ2) is 14.9. The van der Waals surface area contributed by atoms with Gasteiger partial charge >= 0.3 is 6.09 Å². The number of carbonyl (C=O) groups is 3. The van der Waals surface area contributed by atoms with Gasteiger partial charge in [-0.15, -0.1) is 0 Å². The maximum Gasteiger partial charge on any atom is 0.408 e. The highest BCUT2D eigenvalue weighted by atomic mass is 16.6. The van der Waals surface area contributed by atoms with Crippen molar-refractivity contribution in [3.8, 4) is 0 Å². The van der Waals surface area contributed by atoms with Crippen LogP contribution in [-0.2, 0) is 14.3 Å². The van der Waals surface area contributed by atoms with E-state index in [1.54, 1.807) is 31.7 Å². The molecule has 214 valence electrons. The Bertz CT molecular complexity index is 928. The van der Waals surface area contributed by atoms with E-state index in [1.165, 1.54) is 0 Å². The van der Waals surface area contributed by atoms with Crippen LogP contribution in [-0.4, -0.2) is 46.5 Å². The molecule has 0 aromatic heterocycles. The van der Waals surface area contributed by atoms with Crippen LogP contribution in [0.3, 0.4) is 0 Å². The largest absolute Gasteiger partial charge is 0.444 e. The topological polar surface area (TPSA) is 87.7 Å². The Morgan fingerprint density at radius 2 is 1.66 bits per heavy atom. The third kappa shape index (κ3) is 11.7. The monoisotopic (exact) mass is 529 g/mol. The summed E-state index contributed by atoms with van der Waals surface area (Å²) < 4.78 is 5.45. The quantitative estimate of drug-likeness (QED) is 0.281. The fourth-order valence-electron chi connectivity index (χ4n) is 4.15. The molecule has 2 N–H and O–H groups in total. The van der Waals surface area contributed by atoms with Crippen LogP contribution in [0.1, 0.15) is 112 Å². The SMILES string of the molecule is C=Cc1cccc(C(C(=O)NC(C)(C)C)N(CCCCCCC)C(=O)C(NC(=O)OC(C)(C)C)C(C)C)c1. The van der Waals surface area contributed by atoms with Crippen molar-refractivity contribution >= 4 is 24.0 Å². The van der Waals surface area contributed by atoms with Crippen molar-refractivity contribution in [1.82, 2.24) is 15.5 Å². The molecule has 0 saturated heterocycles. The second-order valence-corrected chi connectivity index (χ2v) is 12.3. The molecule has 7 nitrogen and oxygen atoms in total. The van der Waals surface area contributed by atoms with Gasteiger partial charge in [0.05, 0.1) is 0 Å². The van der Waals surface area contributed by atoms with Crippen LogP contribution in [0.2, 0.25) is 0 Å². The Kier molecular flexibility index (Phi) is 13.0. The molecule has 1 rings (SSSR count). The van der Waals surface area contributed by atoms with Crippen molar-refractivity contribution in [3.05, 3.63) is 42.0 Å². The van der Waals surface area contributed by atoms with Gasteiger partial charge in [-0.3, -0.25) is 9.59 Å². The van der Waals surface area contributed by atoms with Crippen molar-refractivity contribution in [2.75, 3.05) is 6.54 Å². The third-order valence-electron chi connectivity index (χ3n) is 5.91. The van der Waals surface area contributed by atoms with Crippen LogP contribution in [0.4, 0.5) is 4.79 Å². The summed E-state index contributed by atoms with van der Waals surface area (Å²) in [6.45, 7) is 21.3. The normalized spacial score (nSPS) is 13.4. The van der Waals surface area contributed by atoms with Crippen LogP contribution in [0.25, 0.3) is 6.08 Å². The van der Waals surface area contributed by atoms with Crippen molar-refractivity contribution in [2.24, 2.45) is 5.92 Å². The van der Waals surface area contributed by atoms with Gasteiger partial charge in [0.15, 0.2) is 0 Å². The second-order valence-electron chi connectivity index (χ2n) is 12.3. The van der Waals surface area contributed by atoms with Gasteiger partial charge in [0, 0.05) is 12.1 Å². The lowest BCUT2D eigenvalue weighted by Crippen LogP contribution is -2.56. The summed E-state index contributed by atoms with van der Waals surface area (Å²) in [7, 11) is 0. The van der Waals surface area contributed by atoms with Crippen LogP contribution >= 0.6 is 0 Å². The molecular weight excluding hydrogens is 478 g/mol. The zero-order valence-corrected chi connectivity index (χ0v) is 25.1. The van der Waals surface area contributed by atoms with Gasteiger partial charge in [-0.2, -0.15) is 0 Å². The number of nitrogens with one attached hydrogen (secondary N) is 2. The minimum atomic E-state index is -0.866. The number of rotatable bonds is 13. The highest BCUT2D eigenvalue weighted by molar-refractivity contribution is 5.92. The molecule has 0 saturated carbocycles. The molecule has 0 fully saturated rings. The minimum absolute atomic E-state index is 0.219. The maximum atomic E-state index is 14.2. The molecule has 7 heteroatoms. The predicted octanol–water partition coefficient (Wildman–Crippen LogP) is 6.63. The number of ether oxygens (including phenoxy) is 1. The summed E-state index contributed by atoms with van der Waals surface area (Å²) in [5.74, 6) is -0.789. The average molecular weight is 530 g/mol. The van der Waals surface area contributed by atoms with Gasteiger partial charge in [0.25, 0.3) is 0 Å². The van der Waals surface area contributed by atoms with E-state index in [9.17, 15) is 14.4 Å². The average Bonchev–Trinajstić information content (AvgIpc) is 2.78. The number of benzene rings is 1. The first kappa shape index (κ1) is 33.2. The molecule has 2 atom stereocenters. The Hall–Kier alpha value is -2.83. The van der Waals surface area contributed by atoms with E-state index in [-0.39, 0.29) is 17.7 Å². The summed E-state index contributed by atoms with van der Waals surface area (Å²) >= 11 is 0. The van der Waals surface area contributed by atoms with Gasteiger partial charge in [-0.25, -0.2) is 4.79 Å². The molecule has 1 aromatic rings. The maximum absolute atomic E-state index is 14.2. The summed E-state index contributed by atoms with van der Waals surface area (Å²) in [4.78, 5) is 42.3. The lowest BCUT2D eigenvalue weighted by molar-refractivity contribution is -0.144. The fraction of sp³-hybridized carbons (Fsp3) is 0.645. The molecule has 0 heterocycles. The van der Waals surface area contributed by atoms with Gasteiger partial charge in [0.1, 0.15) is 17.7 Å². The summed E-state index contributed by atoms with van der Waals surface area (Å²) in [6.07, 6.45) is 6.07. The molecule has 38 heavy (non-hydrogen) atoms. The van der Waals surface area contributed by atoms with Crippen molar-refractivity contribution in [3.63, 3.8) is 0 Å². The summed E-state index contributed by atoms with van der Waals surface area (Å²) in [5, 5.41) is 5.85. The number of hydrogen-bond donors (Lipinski definition) is 2. The standard InChI is InChI=1S/C31H51N3O4/c1-11-13-14-15-16-20-34(28(36)25(22(3)4)32-29(37)38-31(8,9)10)26(27(35)33-30(5,6)7)24-19-17-18-23(12-2)21-24/h12,17-19,21-22,25-26H,2,11,13-16,20H2,1,3-10H3,(H,32,37)(H,33,35). The predicted molar refractivity (Wildman–Crippen MR) is 156 cm³/mol. The first-order chi connectivity index (χ1) is 17.6. The Morgan fingerprint density at radius 3 is 2.18 bits per heavy atom. The van der Waals surface area contributed by atoms with Crippen LogP contribution in [0.15, 0.2) is 30.8 Å². The first-order valence-corrected chi connectivity index (χ1v) is 13.9. The van der Waals surface area contributed by atoms with Gasteiger partial charge < -0.3 is 20.3 Å². The highest BCUT2D eigenvalue weighted by Gasteiger charge is 2.38. The Morgan fingerprint density at radius 1 is 1.03 bits per heavy atom. The zero-order chi connectivity index (χ0) is 29.1. The lowest BCUT2D eigenvalue weighted by Gasteiger charge is -2.37. The van der Waals surface area contributed by atoms with E-state index in [4.69, 9.17) is 4.74 Å². The van der Waals surface area contributed by atoms with Crippen molar-refractivity contribution < 1.29 is 19.1 Å². The number of nitrogens with zero attached hydrogens (tertiary/aromatic N) is 1. The molecule has 3 amide bonds. The summed E-state index contributed by atoms with van der Waals surface area (Å²) in [5.41, 5.74) is 0.367. The molecule has 0 aliphatic heterocycles. The van der Waals surface area contributed by atoms with E-state index in [1.807, 2.05) is 58.9 Å². The highest BCUT2D eigenvalue weighted by Crippen LogP contribution is 2.27. The Labute approximate surface area is 230 Å². The number of hydrogen-bond acceptors (Lipinski definition) is 4. The number of amides is 3. The molecule has 1 aromatic carbocycles. The molecule has 0 bridgehead atoms. The molecule has 0 radical (unpaired) electrons. The third-order valence-corrected chi connectivity index (χ3v) is 5.91. The number of alkyl carbamates (subject to hydrolysis) is 1. The van der Waals surface area contributed by atoms with Crippen molar-refractivity contribution in [1.29, 1.82) is 0 Å². The van der Waals surface area contributed by atoms with E-state index < -0.39 is 29.3 Å². The van der Waals surface area contributed by atoms with Crippen LogP contribution < -0.4 is 10.6 Å². The van der Waals surface area contributed by atoms with Crippen molar-refractivity contribution in [2.45, 2.75) is 118 Å².